The van der Waals surface area contributed by atoms with Gasteiger partial charge in [-0.2, -0.15) is 0 Å². The summed E-state index contributed by atoms with van der Waals surface area (Å²) in [6.07, 6.45) is 4.09. The molecule has 2 N–H and O–H groups in total. The van der Waals surface area contributed by atoms with Crippen LogP contribution in [0.1, 0.15) is 45.6 Å². The highest BCUT2D eigenvalue weighted by Gasteiger charge is 2.09. The zero-order chi connectivity index (χ0) is 15.2. The molecular weight excluding hydrogens is 266 g/mol. The van der Waals surface area contributed by atoms with Crippen molar-refractivity contribution in [2.45, 2.75) is 52.6 Å². The van der Waals surface area contributed by atoms with E-state index in [-0.39, 0.29) is 6.10 Å². The van der Waals surface area contributed by atoms with E-state index in [9.17, 15) is 4.79 Å². The van der Waals surface area contributed by atoms with Gasteiger partial charge >= 0.3 is 6.09 Å². The van der Waals surface area contributed by atoms with Crippen molar-refractivity contribution in [3.63, 3.8) is 0 Å². The Morgan fingerprint density at radius 3 is 2.90 bits per heavy atom. The molecule has 0 bridgehead atoms. The van der Waals surface area contributed by atoms with Crippen LogP contribution in [-0.4, -0.2) is 22.2 Å². The van der Waals surface area contributed by atoms with E-state index in [0.29, 0.717) is 5.95 Å². The molecule has 1 aromatic heterocycles. The lowest BCUT2D eigenvalue weighted by atomic mass is 10.1. The van der Waals surface area contributed by atoms with Crippen molar-refractivity contribution >= 4 is 23.1 Å². The van der Waals surface area contributed by atoms with E-state index in [1.54, 1.807) is 13.8 Å². The first-order valence-electron chi connectivity index (χ1n) is 7.54. The first kappa shape index (κ1) is 15.4. The second-order valence-corrected chi connectivity index (χ2v) is 5.47. The Morgan fingerprint density at radius 2 is 2.19 bits per heavy atom. The summed E-state index contributed by atoms with van der Waals surface area (Å²) in [5, 5.41) is 2.61. The summed E-state index contributed by atoms with van der Waals surface area (Å²) in [7, 11) is 0. The van der Waals surface area contributed by atoms with Crippen molar-refractivity contribution in [2.24, 2.45) is 0 Å². The molecule has 0 saturated heterocycles. The van der Waals surface area contributed by atoms with Crippen LogP contribution >= 0.6 is 0 Å². The van der Waals surface area contributed by atoms with Crippen LogP contribution in [0.4, 0.5) is 10.7 Å². The van der Waals surface area contributed by atoms with Crippen LogP contribution in [0.5, 0.6) is 0 Å². The number of amides is 1. The highest BCUT2D eigenvalue weighted by atomic mass is 16.6. The Labute approximate surface area is 125 Å². The molecule has 1 amide bonds. The fourth-order valence-corrected chi connectivity index (χ4v) is 2.19. The molecule has 0 atom stereocenters. The number of aromatic nitrogens is 2. The molecule has 2 rings (SSSR count). The molecular formula is C16H23N3O2. The van der Waals surface area contributed by atoms with E-state index < -0.39 is 6.09 Å². The highest BCUT2D eigenvalue weighted by Crippen LogP contribution is 2.18. The average molecular weight is 289 g/mol. The molecule has 5 nitrogen and oxygen atoms in total. The number of nitrogens with one attached hydrogen (secondary N) is 2. The maximum atomic E-state index is 11.5. The molecule has 0 aliphatic rings. The van der Waals surface area contributed by atoms with Gasteiger partial charge in [0.15, 0.2) is 0 Å². The van der Waals surface area contributed by atoms with Crippen LogP contribution in [0.25, 0.3) is 11.0 Å². The number of aromatic amines is 1. The predicted octanol–water partition coefficient (Wildman–Crippen LogP) is 4.25. The minimum atomic E-state index is -0.493. The highest BCUT2D eigenvalue weighted by molar-refractivity contribution is 5.86. The molecule has 0 unspecified atom stereocenters. The topological polar surface area (TPSA) is 67.0 Å². The SMILES string of the molecule is CCCCCc1ccc2nc(NC(=O)OC(C)C)[nH]c2c1. The molecule has 114 valence electrons. The number of H-pyrrole nitrogens is 1. The molecule has 2 aromatic rings. The van der Waals surface area contributed by atoms with Crippen molar-refractivity contribution in [3.05, 3.63) is 23.8 Å². The van der Waals surface area contributed by atoms with Crippen LogP contribution in [-0.2, 0) is 11.2 Å². The number of carbonyl (C=O) groups excluding carboxylic acids is 1. The van der Waals surface area contributed by atoms with Gasteiger partial charge in [0.2, 0.25) is 5.95 Å². The first-order valence-corrected chi connectivity index (χ1v) is 7.54. The van der Waals surface area contributed by atoms with Crippen LogP contribution in [0.15, 0.2) is 18.2 Å². The fourth-order valence-electron chi connectivity index (χ4n) is 2.19. The van der Waals surface area contributed by atoms with Gasteiger partial charge in [0, 0.05) is 0 Å². The first-order chi connectivity index (χ1) is 10.1. The van der Waals surface area contributed by atoms with Crippen LogP contribution in [0.2, 0.25) is 0 Å². The van der Waals surface area contributed by atoms with Crippen molar-refractivity contribution in [1.82, 2.24) is 9.97 Å². The van der Waals surface area contributed by atoms with Crippen molar-refractivity contribution in [3.8, 4) is 0 Å². The Kier molecular flexibility index (Phi) is 5.20. The average Bonchev–Trinajstić information content (AvgIpc) is 2.79. The van der Waals surface area contributed by atoms with E-state index in [4.69, 9.17) is 4.74 Å². The number of imidazole rings is 1. The van der Waals surface area contributed by atoms with E-state index in [2.05, 4.69) is 34.3 Å². The lowest BCUT2D eigenvalue weighted by Crippen LogP contribution is -2.18. The van der Waals surface area contributed by atoms with Gasteiger partial charge in [-0.25, -0.2) is 9.78 Å². The summed E-state index contributed by atoms with van der Waals surface area (Å²) in [6, 6.07) is 6.16. The third kappa shape index (κ3) is 4.48. The summed E-state index contributed by atoms with van der Waals surface area (Å²) < 4.78 is 5.03. The molecule has 0 spiro atoms. The van der Waals surface area contributed by atoms with Crippen molar-refractivity contribution < 1.29 is 9.53 Å². The monoisotopic (exact) mass is 289 g/mol. The number of unbranched alkanes of at least 4 members (excludes halogenated alkanes) is 2. The van der Waals surface area contributed by atoms with Gasteiger partial charge in [0.05, 0.1) is 17.1 Å². The second-order valence-electron chi connectivity index (χ2n) is 5.47. The predicted molar refractivity (Wildman–Crippen MR) is 84.6 cm³/mol. The lowest BCUT2D eigenvalue weighted by molar-refractivity contribution is 0.130. The number of ether oxygens (including phenoxy) is 1. The number of rotatable bonds is 6. The maximum Gasteiger partial charge on any atom is 0.414 e. The van der Waals surface area contributed by atoms with E-state index in [1.165, 1.54) is 24.8 Å². The van der Waals surface area contributed by atoms with E-state index in [0.717, 1.165) is 17.5 Å². The summed E-state index contributed by atoms with van der Waals surface area (Å²) in [5.41, 5.74) is 3.06. The Balaban J connectivity index is 2.05. The molecule has 0 aliphatic carbocycles. The lowest BCUT2D eigenvalue weighted by Gasteiger charge is -2.06. The summed E-state index contributed by atoms with van der Waals surface area (Å²) >= 11 is 0. The van der Waals surface area contributed by atoms with Crippen molar-refractivity contribution in [2.75, 3.05) is 5.32 Å². The number of hydrogen-bond donors (Lipinski definition) is 2. The summed E-state index contributed by atoms with van der Waals surface area (Å²) in [6.45, 7) is 5.81. The van der Waals surface area contributed by atoms with Gasteiger partial charge in [-0.1, -0.05) is 25.8 Å². The van der Waals surface area contributed by atoms with Gasteiger partial charge < -0.3 is 9.72 Å². The quantitative estimate of drug-likeness (QED) is 0.781. The third-order valence-electron chi connectivity index (χ3n) is 3.18. The normalized spacial score (nSPS) is 11.0. The van der Waals surface area contributed by atoms with Crippen LogP contribution < -0.4 is 5.32 Å². The number of fused-ring (bicyclic) bond motifs is 1. The van der Waals surface area contributed by atoms with E-state index in [1.807, 2.05) is 6.07 Å². The molecule has 0 saturated carbocycles. The number of hydrogen-bond acceptors (Lipinski definition) is 3. The number of anilines is 1. The number of benzene rings is 1. The Hall–Kier alpha value is -2.04. The van der Waals surface area contributed by atoms with Gasteiger partial charge in [-0.15, -0.1) is 0 Å². The molecule has 0 aliphatic heterocycles. The van der Waals surface area contributed by atoms with Gasteiger partial charge in [-0.3, -0.25) is 5.32 Å². The minimum absolute atomic E-state index is 0.153. The molecule has 0 fully saturated rings. The number of carbonyl (C=O) groups is 1. The molecule has 1 aromatic carbocycles. The van der Waals surface area contributed by atoms with Gasteiger partial charge in [0.25, 0.3) is 0 Å². The third-order valence-corrected chi connectivity index (χ3v) is 3.18. The van der Waals surface area contributed by atoms with Crippen LogP contribution in [0.3, 0.4) is 0 Å². The fraction of sp³-hybridized carbons (Fsp3) is 0.500. The van der Waals surface area contributed by atoms with Gasteiger partial charge in [0.1, 0.15) is 0 Å². The van der Waals surface area contributed by atoms with E-state index >= 15 is 0 Å². The molecule has 0 radical (unpaired) electrons. The Morgan fingerprint density at radius 1 is 1.38 bits per heavy atom. The Bertz CT molecular complexity index is 605. The van der Waals surface area contributed by atoms with Crippen LogP contribution in [0, 0.1) is 0 Å². The standard InChI is InChI=1S/C16H23N3O2/c1-4-5-6-7-12-8-9-13-14(10-12)18-15(17-13)19-16(20)21-11(2)3/h8-11H,4-7H2,1-3H3,(H2,17,18,19,20). The molecule has 5 heteroatoms. The molecule has 21 heavy (non-hydrogen) atoms. The van der Waals surface area contributed by atoms with Crippen molar-refractivity contribution in [1.29, 1.82) is 0 Å². The zero-order valence-electron chi connectivity index (χ0n) is 12.9. The summed E-state index contributed by atoms with van der Waals surface area (Å²) in [5.74, 6) is 0.418. The summed E-state index contributed by atoms with van der Waals surface area (Å²) in [4.78, 5) is 19.0. The largest absolute Gasteiger partial charge is 0.447 e. The number of aryl methyl sites for hydroxylation is 1. The minimum Gasteiger partial charge on any atom is -0.447 e. The maximum absolute atomic E-state index is 11.5. The second kappa shape index (κ2) is 7.11. The zero-order valence-corrected chi connectivity index (χ0v) is 12.9. The van der Waals surface area contributed by atoms with Gasteiger partial charge in [-0.05, 0) is 44.4 Å². The molecule has 1 heterocycles. The smallest absolute Gasteiger partial charge is 0.414 e. The number of nitrogens with zero attached hydrogens (tertiary/aromatic N) is 1.